The molecule has 3 aromatic rings. The van der Waals surface area contributed by atoms with Crippen LogP contribution < -0.4 is 15.5 Å². The Morgan fingerprint density at radius 1 is 0.758 bits per heavy atom. The van der Waals surface area contributed by atoms with Gasteiger partial charge in [0.1, 0.15) is 5.75 Å². The predicted molar refractivity (Wildman–Crippen MR) is 127 cm³/mol. The van der Waals surface area contributed by atoms with E-state index in [1.807, 2.05) is 51.1 Å². The van der Waals surface area contributed by atoms with E-state index in [2.05, 4.69) is 15.8 Å². The molecule has 0 atom stereocenters. The van der Waals surface area contributed by atoms with Crippen molar-refractivity contribution in [3.05, 3.63) is 94.5 Å². The number of nitrogens with zero attached hydrogens (tertiary/aromatic N) is 1. The molecular formula is C26H25N3O4. The molecule has 0 saturated carbocycles. The van der Waals surface area contributed by atoms with Crippen LogP contribution in [0.3, 0.4) is 0 Å². The fraction of sp³-hybridized carbons (Fsp3) is 0.154. The normalized spacial score (nSPS) is 11.0. The molecule has 33 heavy (non-hydrogen) atoms. The van der Waals surface area contributed by atoms with Crippen molar-refractivity contribution < 1.29 is 19.1 Å². The van der Waals surface area contributed by atoms with E-state index in [0.29, 0.717) is 28.3 Å². The summed E-state index contributed by atoms with van der Waals surface area (Å²) in [6.45, 7) is 7.34. The number of hydrazone groups is 1. The highest BCUT2D eigenvalue weighted by atomic mass is 16.5. The number of benzene rings is 3. The highest BCUT2D eigenvalue weighted by Crippen LogP contribution is 2.19. The van der Waals surface area contributed by atoms with E-state index in [4.69, 9.17) is 4.74 Å². The van der Waals surface area contributed by atoms with Crippen molar-refractivity contribution >= 4 is 29.2 Å². The van der Waals surface area contributed by atoms with E-state index in [1.54, 1.807) is 43.3 Å². The number of amides is 2. The first-order valence-corrected chi connectivity index (χ1v) is 10.4. The molecule has 3 rings (SSSR count). The Morgan fingerprint density at radius 2 is 1.33 bits per heavy atom. The summed E-state index contributed by atoms with van der Waals surface area (Å²) in [4.78, 5) is 36.6. The van der Waals surface area contributed by atoms with Gasteiger partial charge in [-0.2, -0.15) is 5.10 Å². The van der Waals surface area contributed by atoms with Gasteiger partial charge in [0.25, 0.3) is 0 Å². The summed E-state index contributed by atoms with van der Waals surface area (Å²) < 4.78 is 5.38. The summed E-state index contributed by atoms with van der Waals surface area (Å²) >= 11 is 0. The Bertz CT molecular complexity index is 1190. The van der Waals surface area contributed by atoms with Gasteiger partial charge in [-0.1, -0.05) is 35.9 Å². The Balaban J connectivity index is 1.59. The number of rotatable bonds is 5. The Kier molecular flexibility index (Phi) is 7.35. The maximum atomic E-state index is 12.2. The third-order valence-electron chi connectivity index (χ3n) is 5.02. The van der Waals surface area contributed by atoms with Gasteiger partial charge in [0.15, 0.2) is 0 Å². The number of esters is 1. The lowest BCUT2D eigenvalue weighted by atomic mass is 10.1. The lowest BCUT2D eigenvalue weighted by Crippen LogP contribution is -2.33. The van der Waals surface area contributed by atoms with Crippen LogP contribution in [-0.2, 0) is 9.59 Å². The van der Waals surface area contributed by atoms with Crippen LogP contribution in [0.25, 0.3) is 0 Å². The molecular weight excluding hydrogens is 418 g/mol. The maximum absolute atomic E-state index is 12.2. The summed E-state index contributed by atoms with van der Waals surface area (Å²) in [6.07, 6.45) is 0. The van der Waals surface area contributed by atoms with Crippen LogP contribution >= 0.6 is 0 Å². The second-order valence-electron chi connectivity index (χ2n) is 7.64. The number of anilines is 1. The van der Waals surface area contributed by atoms with Crippen LogP contribution in [0.5, 0.6) is 5.75 Å². The highest BCUT2D eigenvalue weighted by Gasteiger charge is 2.15. The first-order chi connectivity index (χ1) is 15.7. The monoisotopic (exact) mass is 443 g/mol. The van der Waals surface area contributed by atoms with Crippen molar-refractivity contribution in [1.82, 2.24) is 5.43 Å². The van der Waals surface area contributed by atoms with Gasteiger partial charge >= 0.3 is 17.8 Å². The van der Waals surface area contributed by atoms with E-state index in [9.17, 15) is 14.4 Å². The fourth-order valence-electron chi connectivity index (χ4n) is 3.05. The molecule has 0 saturated heterocycles. The number of nitrogens with one attached hydrogen (secondary N) is 2. The van der Waals surface area contributed by atoms with Gasteiger partial charge in [0.05, 0.1) is 11.3 Å². The Morgan fingerprint density at radius 3 is 1.94 bits per heavy atom. The number of carbonyl (C=O) groups is 3. The van der Waals surface area contributed by atoms with E-state index in [0.717, 1.165) is 16.7 Å². The zero-order valence-corrected chi connectivity index (χ0v) is 18.9. The van der Waals surface area contributed by atoms with E-state index >= 15 is 0 Å². The Hall–Kier alpha value is -4.26. The van der Waals surface area contributed by atoms with Gasteiger partial charge in [0.2, 0.25) is 0 Å². The van der Waals surface area contributed by atoms with Crippen LogP contribution in [0.15, 0.2) is 71.8 Å². The number of hydrogen-bond acceptors (Lipinski definition) is 5. The minimum absolute atomic E-state index is 0.383. The molecule has 0 aliphatic rings. The highest BCUT2D eigenvalue weighted by molar-refractivity contribution is 6.39. The van der Waals surface area contributed by atoms with Crippen LogP contribution in [0.2, 0.25) is 0 Å². The number of aryl methyl sites for hydroxylation is 3. The van der Waals surface area contributed by atoms with E-state index in [-0.39, 0.29) is 0 Å². The van der Waals surface area contributed by atoms with Crippen molar-refractivity contribution in [3.8, 4) is 5.75 Å². The summed E-state index contributed by atoms with van der Waals surface area (Å²) in [5.74, 6) is -1.74. The molecule has 0 spiro atoms. The molecule has 168 valence electrons. The first-order valence-electron chi connectivity index (χ1n) is 10.4. The average Bonchev–Trinajstić information content (AvgIpc) is 2.80. The number of para-hydroxylation sites is 1. The molecule has 7 nitrogen and oxygen atoms in total. The molecule has 0 radical (unpaired) electrons. The third-order valence-corrected chi connectivity index (χ3v) is 5.02. The molecule has 2 amide bonds. The largest absolute Gasteiger partial charge is 0.423 e. The zero-order chi connectivity index (χ0) is 24.0. The lowest BCUT2D eigenvalue weighted by Gasteiger charge is -2.10. The minimum Gasteiger partial charge on any atom is -0.423 e. The fourth-order valence-corrected chi connectivity index (χ4v) is 3.05. The molecule has 2 N–H and O–H groups in total. The molecule has 0 aliphatic carbocycles. The minimum atomic E-state index is -0.874. The predicted octanol–water partition coefficient (Wildman–Crippen LogP) is 4.31. The SMILES string of the molecule is C/C(=N\NC(=O)C(=O)Nc1c(C)cccc1C)c1ccc(OC(=O)c2ccc(C)cc2)cc1. The summed E-state index contributed by atoms with van der Waals surface area (Å²) in [5, 5.41) is 6.61. The molecule has 0 heterocycles. The summed E-state index contributed by atoms with van der Waals surface area (Å²) in [5.41, 5.74) is 7.29. The molecule has 0 bridgehead atoms. The summed E-state index contributed by atoms with van der Waals surface area (Å²) in [7, 11) is 0. The van der Waals surface area contributed by atoms with Gasteiger partial charge in [-0.3, -0.25) is 9.59 Å². The van der Waals surface area contributed by atoms with Crippen molar-refractivity contribution in [2.24, 2.45) is 5.10 Å². The molecule has 3 aromatic carbocycles. The van der Waals surface area contributed by atoms with E-state index in [1.165, 1.54) is 0 Å². The van der Waals surface area contributed by atoms with Gasteiger partial charge in [-0.05, 0) is 80.8 Å². The van der Waals surface area contributed by atoms with Gasteiger partial charge in [0, 0.05) is 5.69 Å². The summed E-state index contributed by atoms with van der Waals surface area (Å²) in [6, 6.07) is 19.4. The van der Waals surface area contributed by atoms with Gasteiger partial charge < -0.3 is 10.1 Å². The maximum Gasteiger partial charge on any atom is 0.343 e. The van der Waals surface area contributed by atoms with Crippen LogP contribution in [0.4, 0.5) is 5.69 Å². The van der Waals surface area contributed by atoms with Crippen molar-refractivity contribution in [2.75, 3.05) is 5.32 Å². The first kappa shape index (κ1) is 23.4. The standard InChI is InChI=1S/C26H25N3O4/c1-16-8-10-21(11-9-16)26(32)33-22-14-12-20(13-15-22)19(4)28-29-25(31)24(30)27-23-17(2)6-5-7-18(23)3/h5-15H,1-4H3,(H,27,30)(H,29,31)/b28-19+. The van der Waals surface area contributed by atoms with Crippen LogP contribution in [0.1, 0.15) is 39.5 Å². The molecule has 0 aliphatic heterocycles. The number of ether oxygens (including phenoxy) is 1. The van der Waals surface area contributed by atoms with Crippen molar-refractivity contribution in [2.45, 2.75) is 27.7 Å². The second kappa shape index (κ2) is 10.4. The smallest absolute Gasteiger partial charge is 0.343 e. The second-order valence-corrected chi connectivity index (χ2v) is 7.64. The lowest BCUT2D eigenvalue weighted by molar-refractivity contribution is -0.136. The average molecular weight is 444 g/mol. The number of carbonyl (C=O) groups excluding carboxylic acids is 3. The number of hydrogen-bond donors (Lipinski definition) is 2. The molecule has 0 fully saturated rings. The van der Waals surface area contributed by atoms with Crippen molar-refractivity contribution in [1.29, 1.82) is 0 Å². The van der Waals surface area contributed by atoms with E-state index < -0.39 is 17.8 Å². The van der Waals surface area contributed by atoms with Gasteiger partial charge in [-0.15, -0.1) is 0 Å². The Labute approximate surface area is 192 Å². The third kappa shape index (κ3) is 6.13. The quantitative estimate of drug-likeness (QED) is 0.202. The van der Waals surface area contributed by atoms with Crippen LogP contribution in [0, 0.1) is 20.8 Å². The molecule has 0 aromatic heterocycles. The molecule has 0 unspecified atom stereocenters. The zero-order valence-electron chi connectivity index (χ0n) is 18.9. The molecule has 7 heteroatoms. The van der Waals surface area contributed by atoms with Crippen LogP contribution in [-0.4, -0.2) is 23.5 Å². The van der Waals surface area contributed by atoms with Crippen molar-refractivity contribution in [3.63, 3.8) is 0 Å². The topological polar surface area (TPSA) is 96.9 Å². The van der Waals surface area contributed by atoms with Gasteiger partial charge in [-0.25, -0.2) is 10.2 Å².